The fraction of sp³-hybridized carbons (Fsp3) is 0.350. The molecular formula is C20H24N4OS. The maximum absolute atomic E-state index is 12.6. The van der Waals surface area contributed by atoms with Gasteiger partial charge in [0.15, 0.2) is 0 Å². The molecule has 2 aromatic heterocycles. The Morgan fingerprint density at radius 1 is 1.31 bits per heavy atom. The third-order valence-corrected chi connectivity index (χ3v) is 5.45. The van der Waals surface area contributed by atoms with Gasteiger partial charge in [-0.1, -0.05) is 43.7 Å². The summed E-state index contributed by atoms with van der Waals surface area (Å²) in [5.41, 5.74) is 2.82. The molecule has 0 fully saturated rings. The van der Waals surface area contributed by atoms with Gasteiger partial charge in [-0.05, 0) is 32.3 Å². The fourth-order valence-electron chi connectivity index (χ4n) is 2.75. The number of thiazole rings is 1. The fourth-order valence-corrected chi connectivity index (χ4v) is 3.76. The highest BCUT2D eigenvalue weighted by atomic mass is 32.1. The molecule has 0 saturated carbocycles. The highest BCUT2D eigenvalue weighted by molar-refractivity contribution is 7.13. The molecule has 6 heteroatoms. The zero-order chi connectivity index (χ0) is 18.5. The predicted octanol–water partition coefficient (Wildman–Crippen LogP) is 4.68. The van der Waals surface area contributed by atoms with Gasteiger partial charge in [0.25, 0.3) is 5.91 Å². The van der Waals surface area contributed by atoms with Gasteiger partial charge in [-0.15, -0.1) is 11.3 Å². The number of aromatic nitrogens is 3. The van der Waals surface area contributed by atoms with Crippen molar-refractivity contribution >= 4 is 17.2 Å². The summed E-state index contributed by atoms with van der Waals surface area (Å²) in [5.74, 6) is 0.651. The van der Waals surface area contributed by atoms with Crippen LogP contribution in [0.2, 0.25) is 0 Å². The smallest absolute Gasteiger partial charge is 0.263 e. The van der Waals surface area contributed by atoms with Gasteiger partial charge >= 0.3 is 0 Å². The molecule has 5 nitrogen and oxygen atoms in total. The van der Waals surface area contributed by atoms with E-state index >= 15 is 0 Å². The van der Waals surface area contributed by atoms with Gasteiger partial charge in [0.1, 0.15) is 10.7 Å². The molecule has 2 heterocycles. The highest BCUT2D eigenvalue weighted by Gasteiger charge is 2.19. The number of H-pyrrole nitrogens is 1. The lowest BCUT2D eigenvalue weighted by Gasteiger charge is -2.10. The molecule has 3 rings (SSSR count). The van der Waals surface area contributed by atoms with Crippen LogP contribution >= 0.6 is 11.3 Å². The number of rotatable bonds is 7. The Balaban J connectivity index is 1.68. The highest BCUT2D eigenvalue weighted by Crippen LogP contribution is 2.22. The number of amides is 1. The minimum absolute atomic E-state index is 0.0899. The quantitative estimate of drug-likeness (QED) is 0.636. The van der Waals surface area contributed by atoms with Crippen LogP contribution < -0.4 is 5.32 Å². The van der Waals surface area contributed by atoms with Crippen molar-refractivity contribution in [2.75, 3.05) is 0 Å². The zero-order valence-corrected chi connectivity index (χ0v) is 16.2. The number of carbonyl (C=O) groups excluding carboxylic acids is 1. The van der Waals surface area contributed by atoms with Crippen LogP contribution in [-0.4, -0.2) is 20.9 Å². The first-order valence-corrected chi connectivity index (χ1v) is 9.77. The number of carbonyl (C=O) groups is 1. The summed E-state index contributed by atoms with van der Waals surface area (Å²) < 4.78 is 0. The largest absolute Gasteiger partial charge is 0.342 e. The number of aryl methyl sites for hydroxylation is 2. The predicted molar refractivity (Wildman–Crippen MR) is 105 cm³/mol. The molecule has 1 aromatic carbocycles. The van der Waals surface area contributed by atoms with E-state index in [4.69, 9.17) is 0 Å². The molecule has 26 heavy (non-hydrogen) atoms. The van der Waals surface area contributed by atoms with Gasteiger partial charge in [-0.2, -0.15) is 0 Å². The number of nitrogens with zero attached hydrogens (tertiary/aromatic N) is 2. The van der Waals surface area contributed by atoms with Crippen molar-refractivity contribution in [3.63, 3.8) is 0 Å². The Hall–Kier alpha value is -2.47. The van der Waals surface area contributed by atoms with E-state index in [9.17, 15) is 4.79 Å². The topological polar surface area (TPSA) is 70.7 Å². The Morgan fingerprint density at radius 3 is 2.81 bits per heavy atom. The maximum atomic E-state index is 12.6. The molecule has 3 aromatic rings. The summed E-state index contributed by atoms with van der Waals surface area (Å²) in [6, 6.07) is 9.81. The van der Waals surface area contributed by atoms with E-state index in [-0.39, 0.29) is 11.9 Å². The Labute approximate surface area is 157 Å². The van der Waals surface area contributed by atoms with Gasteiger partial charge in [0, 0.05) is 0 Å². The Kier molecular flexibility index (Phi) is 5.83. The Bertz CT molecular complexity index is 869. The molecule has 1 amide bonds. The van der Waals surface area contributed by atoms with Crippen LogP contribution in [0.4, 0.5) is 0 Å². The van der Waals surface area contributed by atoms with Gasteiger partial charge in [0.05, 0.1) is 28.6 Å². The molecule has 0 bridgehead atoms. The Morgan fingerprint density at radius 2 is 2.08 bits per heavy atom. The molecule has 0 aliphatic heterocycles. The van der Waals surface area contributed by atoms with Gasteiger partial charge in [-0.3, -0.25) is 4.79 Å². The van der Waals surface area contributed by atoms with Crippen molar-refractivity contribution in [1.82, 2.24) is 20.3 Å². The van der Waals surface area contributed by atoms with Crippen molar-refractivity contribution in [2.45, 2.75) is 46.1 Å². The summed E-state index contributed by atoms with van der Waals surface area (Å²) >= 11 is 1.49. The average Bonchev–Trinajstić information content (AvgIpc) is 3.27. The molecule has 0 aliphatic rings. The van der Waals surface area contributed by atoms with E-state index in [2.05, 4.69) is 27.2 Å². The summed E-state index contributed by atoms with van der Waals surface area (Å²) in [6.07, 6.45) is 4.95. The minimum Gasteiger partial charge on any atom is -0.342 e. The summed E-state index contributed by atoms with van der Waals surface area (Å²) in [4.78, 5) is 25.6. The van der Waals surface area contributed by atoms with Crippen LogP contribution in [0, 0.1) is 6.92 Å². The normalized spacial score (nSPS) is 12.1. The van der Waals surface area contributed by atoms with Crippen molar-refractivity contribution in [2.24, 2.45) is 0 Å². The second-order valence-corrected chi connectivity index (χ2v) is 7.45. The number of unbranched alkanes of at least 4 members (excludes halogenated alkanes) is 1. The molecule has 1 unspecified atom stereocenters. The molecule has 0 saturated heterocycles. The maximum Gasteiger partial charge on any atom is 0.263 e. The first-order valence-electron chi connectivity index (χ1n) is 8.96. The summed E-state index contributed by atoms with van der Waals surface area (Å²) in [7, 11) is 0. The second-order valence-electron chi connectivity index (χ2n) is 6.37. The molecular weight excluding hydrogens is 344 g/mol. The first kappa shape index (κ1) is 18.3. The van der Waals surface area contributed by atoms with Gasteiger partial charge in [-0.25, -0.2) is 9.97 Å². The van der Waals surface area contributed by atoms with Crippen LogP contribution in [0.1, 0.15) is 58.9 Å². The lowest BCUT2D eigenvalue weighted by molar-refractivity contribution is 0.0941. The van der Waals surface area contributed by atoms with E-state index in [0.29, 0.717) is 4.88 Å². The van der Waals surface area contributed by atoms with Gasteiger partial charge in [0.2, 0.25) is 0 Å². The monoisotopic (exact) mass is 368 g/mol. The minimum atomic E-state index is -0.208. The lowest BCUT2D eigenvalue weighted by atomic mass is 10.2. The third-order valence-electron chi connectivity index (χ3n) is 4.23. The molecule has 1 atom stereocenters. The van der Waals surface area contributed by atoms with E-state index in [1.807, 2.05) is 44.2 Å². The van der Waals surface area contributed by atoms with Crippen LogP contribution in [0.25, 0.3) is 11.3 Å². The van der Waals surface area contributed by atoms with Crippen LogP contribution in [0.5, 0.6) is 0 Å². The SMILES string of the molecule is CCCCc1nc(C)c(C(=O)NC(C)c2ncc(-c3ccccc3)[nH]2)s1. The first-order chi connectivity index (χ1) is 12.6. The van der Waals surface area contributed by atoms with Crippen molar-refractivity contribution in [1.29, 1.82) is 0 Å². The zero-order valence-electron chi connectivity index (χ0n) is 15.4. The molecule has 0 aliphatic carbocycles. The van der Waals surface area contributed by atoms with Crippen molar-refractivity contribution < 1.29 is 4.79 Å². The number of hydrogen-bond acceptors (Lipinski definition) is 4. The number of nitrogens with one attached hydrogen (secondary N) is 2. The van der Waals surface area contributed by atoms with E-state index < -0.39 is 0 Å². The van der Waals surface area contributed by atoms with E-state index in [1.54, 1.807) is 6.20 Å². The van der Waals surface area contributed by atoms with Crippen LogP contribution in [0.15, 0.2) is 36.5 Å². The molecule has 136 valence electrons. The lowest BCUT2D eigenvalue weighted by Crippen LogP contribution is -2.27. The van der Waals surface area contributed by atoms with E-state index in [1.165, 1.54) is 11.3 Å². The molecule has 0 radical (unpaired) electrons. The van der Waals surface area contributed by atoms with E-state index in [0.717, 1.165) is 47.0 Å². The van der Waals surface area contributed by atoms with Crippen LogP contribution in [0.3, 0.4) is 0 Å². The van der Waals surface area contributed by atoms with Crippen molar-refractivity contribution in [3.05, 3.63) is 57.9 Å². The summed E-state index contributed by atoms with van der Waals surface area (Å²) in [5, 5.41) is 4.06. The standard InChI is InChI=1S/C20H24N4OS/c1-4-5-11-17-22-13(2)18(26-17)20(25)23-14(3)19-21-12-16(24-19)15-9-7-6-8-10-15/h6-10,12,14H,4-5,11H2,1-3H3,(H,21,24)(H,23,25). The molecule has 0 spiro atoms. The number of aromatic amines is 1. The average molecular weight is 369 g/mol. The van der Waals surface area contributed by atoms with Crippen LogP contribution in [-0.2, 0) is 6.42 Å². The summed E-state index contributed by atoms with van der Waals surface area (Å²) in [6.45, 7) is 5.98. The van der Waals surface area contributed by atoms with Crippen molar-refractivity contribution in [3.8, 4) is 11.3 Å². The number of benzene rings is 1. The number of imidazole rings is 1. The van der Waals surface area contributed by atoms with Gasteiger partial charge < -0.3 is 10.3 Å². The number of hydrogen-bond donors (Lipinski definition) is 2. The molecule has 2 N–H and O–H groups in total. The third kappa shape index (κ3) is 4.19. The second kappa shape index (κ2) is 8.27.